The molecule has 0 bridgehead atoms. The lowest BCUT2D eigenvalue weighted by Gasteiger charge is -2.35. The number of rotatable bonds is 6. The summed E-state index contributed by atoms with van der Waals surface area (Å²) in [7, 11) is 0. The summed E-state index contributed by atoms with van der Waals surface area (Å²) in [6, 6.07) is 14.9. The van der Waals surface area contributed by atoms with Gasteiger partial charge in [-0.2, -0.15) is 4.98 Å². The molecule has 6 rings (SSSR count). The second-order valence-electron chi connectivity index (χ2n) is 9.34. The molecule has 1 fully saturated rings. The third-order valence-electron chi connectivity index (χ3n) is 7.13. The molecule has 0 aliphatic heterocycles. The van der Waals surface area contributed by atoms with E-state index < -0.39 is 5.97 Å². The Hall–Kier alpha value is -3.42. The van der Waals surface area contributed by atoms with Crippen molar-refractivity contribution >= 4 is 18.4 Å². The molecule has 2 aromatic heterocycles. The van der Waals surface area contributed by atoms with Crippen LogP contribution in [0.3, 0.4) is 0 Å². The number of carbonyl (C=O) groups is 1. The van der Waals surface area contributed by atoms with E-state index >= 15 is 0 Å². The maximum absolute atomic E-state index is 11.1. The van der Waals surface area contributed by atoms with Gasteiger partial charge in [0.25, 0.3) is 5.89 Å². The van der Waals surface area contributed by atoms with E-state index in [-0.39, 0.29) is 24.4 Å². The molecule has 2 N–H and O–H groups in total. The molecular formula is C27H26ClN3O4. The highest BCUT2D eigenvalue weighted by Crippen LogP contribution is 2.37. The van der Waals surface area contributed by atoms with E-state index in [0.29, 0.717) is 30.6 Å². The number of carboxylic acids is 1. The first-order valence-corrected chi connectivity index (χ1v) is 11.6. The molecule has 0 radical (unpaired) electrons. The summed E-state index contributed by atoms with van der Waals surface area (Å²) in [6.07, 6.45) is 6.84. The van der Waals surface area contributed by atoms with Gasteiger partial charge in [-0.1, -0.05) is 23.4 Å². The average molecular weight is 492 g/mol. The molecule has 2 aliphatic rings. The number of carboxylic acid groups (broad SMARTS) is 1. The van der Waals surface area contributed by atoms with Crippen molar-refractivity contribution in [3.8, 4) is 34.0 Å². The van der Waals surface area contributed by atoms with Crippen LogP contribution in [0.4, 0.5) is 0 Å². The number of furan rings is 1. The highest BCUT2D eigenvalue weighted by molar-refractivity contribution is 5.85. The smallest absolute Gasteiger partial charge is 0.306 e. The van der Waals surface area contributed by atoms with Gasteiger partial charge in [-0.25, -0.2) is 0 Å². The minimum atomic E-state index is -0.682. The normalized spacial score (nSPS) is 20.7. The lowest BCUT2D eigenvalue weighted by molar-refractivity contribution is -0.145. The Bertz CT molecular complexity index is 1360. The van der Waals surface area contributed by atoms with Crippen molar-refractivity contribution in [2.45, 2.75) is 44.7 Å². The van der Waals surface area contributed by atoms with E-state index in [2.05, 4.69) is 34.5 Å². The molecule has 4 aromatic rings. The van der Waals surface area contributed by atoms with Crippen LogP contribution in [0, 0.1) is 12.8 Å². The fourth-order valence-electron chi connectivity index (χ4n) is 5.17. The minimum absolute atomic E-state index is 0. The van der Waals surface area contributed by atoms with Crippen LogP contribution in [0.25, 0.3) is 34.0 Å². The van der Waals surface area contributed by atoms with Crippen molar-refractivity contribution in [3.63, 3.8) is 0 Å². The molecule has 180 valence electrons. The first kappa shape index (κ1) is 23.3. The van der Waals surface area contributed by atoms with E-state index in [1.807, 2.05) is 30.3 Å². The lowest BCUT2D eigenvalue weighted by Crippen LogP contribution is -2.45. The summed E-state index contributed by atoms with van der Waals surface area (Å²) < 4.78 is 10.8. The summed E-state index contributed by atoms with van der Waals surface area (Å²) in [5.41, 5.74) is 7.66. The van der Waals surface area contributed by atoms with Gasteiger partial charge >= 0.3 is 5.97 Å². The van der Waals surface area contributed by atoms with Crippen LogP contribution in [0.5, 0.6) is 0 Å². The Morgan fingerprint density at radius 3 is 2.66 bits per heavy atom. The predicted molar refractivity (Wildman–Crippen MR) is 133 cm³/mol. The second-order valence-corrected chi connectivity index (χ2v) is 9.34. The van der Waals surface area contributed by atoms with Gasteiger partial charge in [0.15, 0.2) is 0 Å². The maximum Gasteiger partial charge on any atom is 0.306 e. The Kier molecular flexibility index (Phi) is 6.21. The number of aromatic nitrogens is 2. The minimum Gasteiger partial charge on any atom is -0.481 e. The molecule has 0 saturated heterocycles. The van der Waals surface area contributed by atoms with Crippen LogP contribution in [0.15, 0.2) is 63.9 Å². The molecule has 1 saturated carbocycles. The van der Waals surface area contributed by atoms with E-state index in [0.717, 1.165) is 40.7 Å². The van der Waals surface area contributed by atoms with Crippen molar-refractivity contribution in [2.75, 3.05) is 0 Å². The molecular weight excluding hydrogens is 466 g/mol. The number of nitrogens with zero attached hydrogens (tertiary/aromatic N) is 2. The number of hydrogen-bond acceptors (Lipinski definition) is 6. The number of nitrogens with one attached hydrogen (secondary N) is 1. The summed E-state index contributed by atoms with van der Waals surface area (Å²) in [4.78, 5) is 15.7. The Labute approximate surface area is 209 Å². The van der Waals surface area contributed by atoms with Gasteiger partial charge in [0, 0.05) is 28.8 Å². The fraction of sp³-hybridized carbons (Fsp3) is 0.296. The molecule has 2 heterocycles. The Balaban J connectivity index is 0.00000253. The third kappa shape index (κ3) is 4.37. The van der Waals surface area contributed by atoms with Crippen molar-refractivity contribution in [3.05, 3.63) is 71.7 Å². The van der Waals surface area contributed by atoms with Gasteiger partial charge in [0.05, 0.1) is 18.4 Å². The van der Waals surface area contributed by atoms with Crippen molar-refractivity contribution < 1.29 is 18.8 Å². The molecule has 35 heavy (non-hydrogen) atoms. The number of aliphatic carboxylic acids is 1. The first-order valence-electron chi connectivity index (χ1n) is 11.6. The van der Waals surface area contributed by atoms with Crippen LogP contribution >= 0.6 is 12.4 Å². The number of halogens is 1. The zero-order valence-electron chi connectivity index (χ0n) is 19.2. The van der Waals surface area contributed by atoms with Crippen LogP contribution < -0.4 is 5.32 Å². The number of benzene rings is 2. The summed E-state index contributed by atoms with van der Waals surface area (Å²) in [5, 5.41) is 17.0. The highest BCUT2D eigenvalue weighted by Gasteiger charge is 2.36. The van der Waals surface area contributed by atoms with E-state index in [1.165, 1.54) is 11.1 Å². The molecule has 1 atom stereocenters. The van der Waals surface area contributed by atoms with Gasteiger partial charge in [0.1, 0.15) is 0 Å². The van der Waals surface area contributed by atoms with Gasteiger partial charge < -0.3 is 19.4 Å². The van der Waals surface area contributed by atoms with Crippen molar-refractivity contribution in [1.82, 2.24) is 15.5 Å². The van der Waals surface area contributed by atoms with Crippen LogP contribution in [-0.2, 0) is 11.2 Å². The SMILES string of the molecule is Cc1cc(-c2nc(-c3ccc4c(c3)CCC4NC3CC(C(=O)O)C3)no2)ccc1-c1ccoc1.Cl. The largest absolute Gasteiger partial charge is 0.481 e. The summed E-state index contributed by atoms with van der Waals surface area (Å²) in [5.74, 6) is 0.195. The topological polar surface area (TPSA) is 101 Å². The zero-order chi connectivity index (χ0) is 23.2. The molecule has 0 spiro atoms. The lowest BCUT2D eigenvalue weighted by atomic mass is 9.80. The molecule has 0 amide bonds. The average Bonchev–Trinajstić information content (AvgIpc) is 3.56. The van der Waals surface area contributed by atoms with Crippen molar-refractivity contribution in [2.24, 2.45) is 5.92 Å². The van der Waals surface area contributed by atoms with E-state index in [1.54, 1.807) is 12.5 Å². The molecule has 2 aliphatic carbocycles. The highest BCUT2D eigenvalue weighted by atomic mass is 35.5. The second kappa shape index (κ2) is 9.32. The van der Waals surface area contributed by atoms with Crippen LogP contribution in [0.2, 0.25) is 0 Å². The van der Waals surface area contributed by atoms with Gasteiger partial charge in [0.2, 0.25) is 5.82 Å². The fourth-order valence-corrected chi connectivity index (χ4v) is 5.17. The van der Waals surface area contributed by atoms with Crippen LogP contribution in [0.1, 0.15) is 42.0 Å². The molecule has 1 unspecified atom stereocenters. The quantitative estimate of drug-likeness (QED) is 0.349. The summed E-state index contributed by atoms with van der Waals surface area (Å²) in [6.45, 7) is 2.06. The maximum atomic E-state index is 11.1. The molecule has 2 aromatic carbocycles. The van der Waals surface area contributed by atoms with Crippen LogP contribution in [-0.4, -0.2) is 27.3 Å². The Morgan fingerprint density at radius 2 is 1.91 bits per heavy atom. The van der Waals surface area contributed by atoms with Gasteiger partial charge in [-0.15, -0.1) is 12.4 Å². The standard InChI is InChI=1S/C27H25N3O4.ClH/c1-15-10-18(3-5-22(15)19-8-9-33-14-19)26-29-25(30-34-26)17-2-6-23-16(11-17)4-7-24(23)28-21-12-20(13-21)27(31)32;/h2-3,5-6,8-11,14,20-21,24,28H,4,7,12-13H2,1H3,(H,31,32);1H. The van der Waals surface area contributed by atoms with E-state index in [4.69, 9.17) is 14.0 Å². The third-order valence-corrected chi connectivity index (χ3v) is 7.13. The Morgan fingerprint density at radius 1 is 1.09 bits per heavy atom. The number of hydrogen-bond donors (Lipinski definition) is 2. The zero-order valence-corrected chi connectivity index (χ0v) is 20.0. The molecule has 7 nitrogen and oxygen atoms in total. The van der Waals surface area contributed by atoms with E-state index in [9.17, 15) is 4.79 Å². The summed E-state index contributed by atoms with van der Waals surface area (Å²) >= 11 is 0. The van der Waals surface area contributed by atoms with Gasteiger partial charge in [-0.3, -0.25) is 4.79 Å². The number of aryl methyl sites for hydroxylation is 2. The predicted octanol–water partition coefficient (Wildman–Crippen LogP) is 5.83. The monoisotopic (exact) mass is 491 g/mol. The first-order chi connectivity index (χ1) is 16.5. The molecule has 8 heteroatoms. The van der Waals surface area contributed by atoms with Crippen molar-refractivity contribution in [1.29, 1.82) is 0 Å². The number of fused-ring (bicyclic) bond motifs is 1. The van der Waals surface area contributed by atoms with Gasteiger partial charge in [-0.05, 0) is 79.1 Å².